The number of carbonyl (C=O) groups is 1. The summed E-state index contributed by atoms with van der Waals surface area (Å²) in [5.41, 5.74) is 1.53. The number of aromatic nitrogens is 2. The van der Waals surface area contributed by atoms with E-state index in [9.17, 15) is 4.79 Å². The molecule has 1 aliphatic heterocycles. The van der Waals surface area contributed by atoms with Gasteiger partial charge in [-0.25, -0.2) is 4.52 Å². The number of halogens is 1. The second-order valence-corrected chi connectivity index (χ2v) is 5.17. The van der Waals surface area contributed by atoms with E-state index in [1.807, 2.05) is 29.3 Å². The van der Waals surface area contributed by atoms with Gasteiger partial charge in [-0.15, -0.1) is 11.6 Å². The molecule has 1 fully saturated rings. The Bertz CT molecular complexity index is 572. The fourth-order valence-corrected chi connectivity index (χ4v) is 2.52. The second kappa shape index (κ2) is 4.61. The summed E-state index contributed by atoms with van der Waals surface area (Å²) in [5, 5.41) is 4.40. The first-order valence-electron chi connectivity index (χ1n) is 6.11. The minimum Gasteiger partial charge on any atom is -0.338 e. The fourth-order valence-electron chi connectivity index (χ4n) is 2.32. The second-order valence-electron chi connectivity index (χ2n) is 4.56. The molecule has 1 amide bonds. The number of nitrogens with zero attached hydrogens (tertiary/aromatic N) is 3. The molecule has 94 valence electrons. The number of rotatable bonds is 1. The molecule has 1 saturated heterocycles. The highest BCUT2D eigenvalue weighted by Gasteiger charge is 2.24. The fraction of sp³-hybridized carbons (Fsp3) is 0.385. The summed E-state index contributed by atoms with van der Waals surface area (Å²) in [4.78, 5) is 14.3. The van der Waals surface area contributed by atoms with Crippen LogP contribution in [0.3, 0.4) is 0 Å². The van der Waals surface area contributed by atoms with Crippen LogP contribution in [0, 0.1) is 0 Å². The van der Waals surface area contributed by atoms with E-state index in [1.165, 1.54) is 0 Å². The van der Waals surface area contributed by atoms with Crippen molar-refractivity contribution in [2.24, 2.45) is 0 Å². The Hall–Kier alpha value is -1.55. The zero-order valence-corrected chi connectivity index (χ0v) is 10.7. The normalized spacial score (nSPS) is 17.3. The number of amides is 1. The van der Waals surface area contributed by atoms with E-state index < -0.39 is 0 Å². The van der Waals surface area contributed by atoms with Gasteiger partial charge < -0.3 is 4.90 Å². The van der Waals surface area contributed by atoms with Crippen molar-refractivity contribution in [2.45, 2.75) is 18.2 Å². The predicted octanol–water partition coefficient (Wildman–Crippen LogP) is 2.18. The maximum atomic E-state index is 12.4. The zero-order chi connectivity index (χ0) is 12.5. The van der Waals surface area contributed by atoms with E-state index in [2.05, 4.69) is 5.10 Å². The van der Waals surface area contributed by atoms with Gasteiger partial charge in [0.15, 0.2) is 0 Å². The number of likely N-dealkylation sites (tertiary alicyclic amines) is 1. The molecule has 0 bridgehead atoms. The van der Waals surface area contributed by atoms with Gasteiger partial charge in [0.05, 0.1) is 17.3 Å². The number of hydrogen-bond acceptors (Lipinski definition) is 2. The van der Waals surface area contributed by atoms with Crippen molar-refractivity contribution in [3.63, 3.8) is 0 Å². The quantitative estimate of drug-likeness (QED) is 0.740. The number of carbonyl (C=O) groups excluding carboxylic acids is 1. The van der Waals surface area contributed by atoms with Gasteiger partial charge in [-0.05, 0) is 25.0 Å². The van der Waals surface area contributed by atoms with Crippen molar-refractivity contribution in [1.29, 1.82) is 0 Å². The van der Waals surface area contributed by atoms with E-state index in [0.717, 1.165) is 31.4 Å². The molecule has 1 aliphatic rings. The molecule has 0 spiro atoms. The van der Waals surface area contributed by atoms with Crippen LogP contribution in [-0.4, -0.2) is 38.9 Å². The third-order valence-electron chi connectivity index (χ3n) is 3.37. The molecule has 18 heavy (non-hydrogen) atoms. The van der Waals surface area contributed by atoms with Crippen LogP contribution < -0.4 is 0 Å². The van der Waals surface area contributed by atoms with Crippen molar-refractivity contribution < 1.29 is 4.79 Å². The Kier molecular flexibility index (Phi) is 2.96. The highest BCUT2D eigenvalue weighted by Crippen LogP contribution is 2.19. The Morgan fingerprint density at radius 1 is 1.33 bits per heavy atom. The molecule has 5 heteroatoms. The highest BCUT2D eigenvalue weighted by atomic mass is 35.5. The number of hydrogen-bond donors (Lipinski definition) is 0. The van der Waals surface area contributed by atoms with Crippen molar-refractivity contribution in [2.75, 3.05) is 13.1 Å². The summed E-state index contributed by atoms with van der Waals surface area (Å²) in [6, 6.07) is 5.72. The van der Waals surface area contributed by atoms with Crippen LogP contribution in [-0.2, 0) is 0 Å². The van der Waals surface area contributed by atoms with Gasteiger partial charge in [-0.1, -0.05) is 6.07 Å². The molecule has 0 radical (unpaired) electrons. The van der Waals surface area contributed by atoms with Crippen molar-refractivity contribution in [3.05, 3.63) is 36.2 Å². The van der Waals surface area contributed by atoms with E-state index in [0.29, 0.717) is 5.56 Å². The predicted molar refractivity (Wildman–Crippen MR) is 70.0 cm³/mol. The van der Waals surface area contributed by atoms with Crippen LogP contribution in [0.15, 0.2) is 30.6 Å². The Morgan fingerprint density at radius 3 is 2.89 bits per heavy atom. The standard InChI is InChI=1S/C13H14ClN3O/c14-10-4-7-16(8-5-10)13(18)11-9-15-17-6-2-1-3-12(11)17/h1-3,6,9-10H,4-5,7-8H2. The lowest BCUT2D eigenvalue weighted by Gasteiger charge is -2.29. The van der Waals surface area contributed by atoms with Gasteiger partial charge in [-0.3, -0.25) is 4.79 Å². The van der Waals surface area contributed by atoms with Gasteiger partial charge in [0.25, 0.3) is 5.91 Å². The SMILES string of the molecule is O=C(c1cnn2ccccc12)N1CCC(Cl)CC1. The summed E-state index contributed by atoms with van der Waals surface area (Å²) in [6.07, 6.45) is 5.22. The van der Waals surface area contributed by atoms with Crippen molar-refractivity contribution in [3.8, 4) is 0 Å². The van der Waals surface area contributed by atoms with Crippen LogP contribution in [0.25, 0.3) is 5.52 Å². The molecule has 0 unspecified atom stereocenters. The Morgan fingerprint density at radius 2 is 2.11 bits per heavy atom. The molecule has 0 aromatic carbocycles. The first kappa shape index (κ1) is 11.5. The van der Waals surface area contributed by atoms with Crippen LogP contribution in [0.5, 0.6) is 0 Å². The van der Waals surface area contributed by atoms with Crippen molar-refractivity contribution >= 4 is 23.0 Å². The smallest absolute Gasteiger partial charge is 0.257 e. The van der Waals surface area contributed by atoms with E-state index >= 15 is 0 Å². The summed E-state index contributed by atoms with van der Waals surface area (Å²) in [6.45, 7) is 1.47. The highest BCUT2D eigenvalue weighted by molar-refractivity contribution is 6.20. The minimum absolute atomic E-state index is 0.0553. The van der Waals surface area contributed by atoms with Gasteiger partial charge in [0.1, 0.15) is 0 Å². The topological polar surface area (TPSA) is 37.6 Å². The Labute approximate surface area is 110 Å². The minimum atomic E-state index is 0.0553. The van der Waals surface area contributed by atoms with Crippen LogP contribution in [0.4, 0.5) is 0 Å². The lowest BCUT2D eigenvalue weighted by molar-refractivity contribution is 0.0728. The maximum absolute atomic E-state index is 12.4. The number of pyridine rings is 1. The van der Waals surface area contributed by atoms with Crippen LogP contribution in [0.2, 0.25) is 0 Å². The first-order chi connectivity index (χ1) is 8.75. The average Bonchev–Trinajstić information content (AvgIpc) is 2.82. The van der Waals surface area contributed by atoms with Gasteiger partial charge in [0.2, 0.25) is 0 Å². The molecular formula is C13H14ClN3O. The molecular weight excluding hydrogens is 250 g/mol. The molecule has 3 rings (SSSR count). The number of piperidine rings is 1. The monoisotopic (exact) mass is 263 g/mol. The first-order valence-corrected chi connectivity index (χ1v) is 6.55. The molecule has 0 aliphatic carbocycles. The lowest BCUT2D eigenvalue weighted by atomic mass is 10.1. The zero-order valence-electron chi connectivity index (χ0n) is 9.92. The third kappa shape index (κ3) is 1.97. The Balaban J connectivity index is 1.88. The third-order valence-corrected chi connectivity index (χ3v) is 3.81. The summed E-state index contributed by atoms with van der Waals surface area (Å²) in [5.74, 6) is 0.0553. The molecule has 2 aromatic rings. The van der Waals surface area contributed by atoms with E-state index in [4.69, 9.17) is 11.6 Å². The van der Waals surface area contributed by atoms with Crippen LogP contribution >= 0.6 is 11.6 Å². The van der Waals surface area contributed by atoms with E-state index in [1.54, 1.807) is 10.7 Å². The van der Waals surface area contributed by atoms with Gasteiger partial charge >= 0.3 is 0 Å². The molecule has 0 saturated carbocycles. The molecule has 0 atom stereocenters. The van der Waals surface area contributed by atoms with Gasteiger partial charge in [-0.2, -0.15) is 5.10 Å². The van der Waals surface area contributed by atoms with Crippen LogP contribution in [0.1, 0.15) is 23.2 Å². The summed E-state index contributed by atoms with van der Waals surface area (Å²) < 4.78 is 1.72. The number of alkyl halides is 1. The molecule has 2 aromatic heterocycles. The lowest BCUT2D eigenvalue weighted by Crippen LogP contribution is -2.38. The number of fused-ring (bicyclic) bond motifs is 1. The molecule has 3 heterocycles. The average molecular weight is 264 g/mol. The van der Waals surface area contributed by atoms with Crippen molar-refractivity contribution in [1.82, 2.24) is 14.5 Å². The summed E-state index contributed by atoms with van der Waals surface area (Å²) in [7, 11) is 0. The van der Waals surface area contributed by atoms with Gasteiger partial charge in [0, 0.05) is 24.7 Å². The van der Waals surface area contributed by atoms with E-state index in [-0.39, 0.29) is 11.3 Å². The summed E-state index contributed by atoms with van der Waals surface area (Å²) >= 11 is 6.05. The largest absolute Gasteiger partial charge is 0.338 e. The molecule has 4 nitrogen and oxygen atoms in total. The maximum Gasteiger partial charge on any atom is 0.257 e. The molecule has 0 N–H and O–H groups in total.